The second-order valence-corrected chi connectivity index (χ2v) is 8.68. The van der Waals surface area contributed by atoms with Crippen molar-refractivity contribution in [2.24, 2.45) is 0 Å². The molecule has 0 spiro atoms. The third kappa shape index (κ3) is 5.34. The van der Waals surface area contributed by atoms with Crippen LogP contribution in [0.1, 0.15) is 66.1 Å². The molecular weight excluding hydrogens is 386 g/mol. The van der Waals surface area contributed by atoms with Crippen LogP contribution in [0.2, 0.25) is 0 Å². The Morgan fingerprint density at radius 2 is 1.61 bits per heavy atom. The lowest BCUT2D eigenvalue weighted by Crippen LogP contribution is -2.27. The Balaban J connectivity index is 1.31. The molecule has 0 aliphatic carbocycles. The van der Waals surface area contributed by atoms with E-state index in [2.05, 4.69) is 34.5 Å². The number of benzene rings is 2. The number of hydrogen-bond donors (Lipinski definition) is 1. The first-order chi connectivity index (χ1) is 15.1. The summed E-state index contributed by atoms with van der Waals surface area (Å²) < 4.78 is 0. The van der Waals surface area contributed by atoms with E-state index in [-0.39, 0.29) is 11.8 Å². The summed E-state index contributed by atoms with van der Waals surface area (Å²) in [6, 6.07) is 14.2. The number of rotatable bonds is 6. The highest BCUT2D eigenvalue weighted by molar-refractivity contribution is 5.98. The van der Waals surface area contributed by atoms with E-state index in [0.29, 0.717) is 25.1 Å². The summed E-state index contributed by atoms with van der Waals surface area (Å²) in [7, 11) is 0. The molecule has 2 aliphatic rings. The Morgan fingerprint density at radius 1 is 0.903 bits per heavy atom. The molecule has 0 bridgehead atoms. The zero-order chi connectivity index (χ0) is 21.6. The Labute approximate surface area is 185 Å². The van der Waals surface area contributed by atoms with Crippen LogP contribution in [0, 0.1) is 0 Å². The molecule has 0 aromatic heterocycles. The molecule has 5 heteroatoms. The molecule has 4 rings (SSSR count). The summed E-state index contributed by atoms with van der Waals surface area (Å²) in [5, 5.41) is 3.03. The fourth-order valence-corrected chi connectivity index (χ4v) is 4.59. The van der Waals surface area contributed by atoms with Gasteiger partial charge in [-0.05, 0) is 67.2 Å². The SMILES string of the molecule is CCC(=O)N1CCc2cc(C(=O)NCc3ccc(CN4CCCCCC4)cc3)ccc21. The minimum atomic E-state index is -0.0725. The monoisotopic (exact) mass is 419 g/mol. The van der Waals surface area contributed by atoms with Gasteiger partial charge in [-0.1, -0.05) is 44.0 Å². The minimum Gasteiger partial charge on any atom is -0.348 e. The molecule has 0 atom stereocenters. The predicted octanol–water partition coefficient (Wildman–Crippen LogP) is 4.29. The van der Waals surface area contributed by atoms with Gasteiger partial charge in [0.25, 0.3) is 5.91 Å². The van der Waals surface area contributed by atoms with Crippen molar-refractivity contribution in [3.63, 3.8) is 0 Å². The average molecular weight is 420 g/mol. The molecule has 1 N–H and O–H groups in total. The lowest BCUT2D eigenvalue weighted by atomic mass is 10.1. The average Bonchev–Trinajstić information content (AvgIpc) is 3.06. The van der Waals surface area contributed by atoms with Gasteiger partial charge in [0.1, 0.15) is 0 Å². The van der Waals surface area contributed by atoms with Crippen molar-refractivity contribution in [3.8, 4) is 0 Å². The fraction of sp³-hybridized carbons (Fsp3) is 0.462. The van der Waals surface area contributed by atoms with Crippen molar-refractivity contribution in [1.29, 1.82) is 0 Å². The molecule has 1 fully saturated rings. The zero-order valence-electron chi connectivity index (χ0n) is 18.5. The van der Waals surface area contributed by atoms with Crippen LogP contribution in [0.15, 0.2) is 42.5 Å². The van der Waals surface area contributed by atoms with Crippen molar-refractivity contribution in [1.82, 2.24) is 10.2 Å². The Hall–Kier alpha value is -2.66. The topological polar surface area (TPSA) is 52.7 Å². The minimum absolute atomic E-state index is 0.0725. The summed E-state index contributed by atoms with van der Waals surface area (Å²) in [5.41, 5.74) is 5.12. The molecule has 2 aliphatic heterocycles. The first-order valence-electron chi connectivity index (χ1n) is 11.7. The number of carbonyl (C=O) groups is 2. The first kappa shape index (κ1) is 21.6. The molecule has 31 heavy (non-hydrogen) atoms. The van der Waals surface area contributed by atoms with Gasteiger partial charge < -0.3 is 10.2 Å². The largest absolute Gasteiger partial charge is 0.348 e. The second kappa shape index (κ2) is 10.1. The summed E-state index contributed by atoms with van der Waals surface area (Å²) >= 11 is 0. The van der Waals surface area contributed by atoms with Gasteiger partial charge in [0.2, 0.25) is 5.91 Å². The van der Waals surface area contributed by atoms with Crippen LogP contribution < -0.4 is 10.2 Å². The highest BCUT2D eigenvalue weighted by Crippen LogP contribution is 2.29. The quantitative estimate of drug-likeness (QED) is 0.760. The maximum atomic E-state index is 12.7. The Kier molecular flexibility index (Phi) is 7.03. The molecule has 0 radical (unpaired) electrons. The fourth-order valence-electron chi connectivity index (χ4n) is 4.59. The van der Waals surface area contributed by atoms with Crippen molar-refractivity contribution in [2.45, 2.75) is 58.5 Å². The number of carbonyl (C=O) groups excluding carboxylic acids is 2. The molecule has 0 saturated carbocycles. The Bertz CT molecular complexity index is 915. The van der Waals surface area contributed by atoms with Crippen molar-refractivity contribution in [3.05, 3.63) is 64.7 Å². The van der Waals surface area contributed by atoms with E-state index in [1.807, 2.05) is 30.0 Å². The number of nitrogens with zero attached hydrogens (tertiary/aromatic N) is 2. The summed E-state index contributed by atoms with van der Waals surface area (Å²) in [5.74, 6) is 0.0620. The Morgan fingerprint density at radius 3 is 2.32 bits per heavy atom. The molecule has 1 saturated heterocycles. The normalized spacial score (nSPS) is 16.6. The summed E-state index contributed by atoms with van der Waals surface area (Å²) in [6.45, 7) is 6.51. The third-order valence-electron chi connectivity index (χ3n) is 6.42. The lowest BCUT2D eigenvalue weighted by molar-refractivity contribution is -0.118. The maximum Gasteiger partial charge on any atom is 0.251 e. The second-order valence-electron chi connectivity index (χ2n) is 8.68. The van der Waals surface area contributed by atoms with Gasteiger partial charge in [0, 0.05) is 37.3 Å². The number of hydrogen-bond acceptors (Lipinski definition) is 3. The zero-order valence-corrected chi connectivity index (χ0v) is 18.5. The van der Waals surface area contributed by atoms with Crippen LogP contribution in [-0.4, -0.2) is 36.3 Å². The first-order valence-corrected chi connectivity index (χ1v) is 11.7. The van der Waals surface area contributed by atoms with Gasteiger partial charge in [0.05, 0.1) is 0 Å². The van der Waals surface area contributed by atoms with Gasteiger partial charge in [-0.25, -0.2) is 0 Å². The molecule has 164 valence electrons. The molecule has 2 amide bonds. The van der Waals surface area contributed by atoms with E-state index in [9.17, 15) is 9.59 Å². The summed E-state index contributed by atoms with van der Waals surface area (Å²) in [6.07, 6.45) is 6.63. The van der Waals surface area contributed by atoms with E-state index >= 15 is 0 Å². The van der Waals surface area contributed by atoms with Crippen LogP contribution in [0.3, 0.4) is 0 Å². The molecule has 5 nitrogen and oxygen atoms in total. The van der Waals surface area contributed by atoms with E-state index in [1.54, 1.807) is 0 Å². The van der Waals surface area contributed by atoms with Gasteiger partial charge in [-0.15, -0.1) is 0 Å². The highest BCUT2D eigenvalue weighted by atomic mass is 16.2. The van der Waals surface area contributed by atoms with Crippen molar-refractivity contribution < 1.29 is 9.59 Å². The van der Waals surface area contributed by atoms with Crippen molar-refractivity contribution >= 4 is 17.5 Å². The molecule has 2 aromatic carbocycles. The van der Waals surface area contributed by atoms with Gasteiger partial charge >= 0.3 is 0 Å². The van der Waals surface area contributed by atoms with E-state index in [4.69, 9.17) is 0 Å². The number of nitrogens with one attached hydrogen (secondary N) is 1. The molecular formula is C26H33N3O2. The summed E-state index contributed by atoms with van der Waals surface area (Å²) in [4.78, 5) is 29.1. The van der Waals surface area contributed by atoms with Crippen LogP contribution in [0.25, 0.3) is 0 Å². The van der Waals surface area contributed by atoms with Crippen LogP contribution in [0.4, 0.5) is 5.69 Å². The van der Waals surface area contributed by atoms with Gasteiger partial charge in [-0.2, -0.15) is 0 Å². The van der Waals surface area contributed by atoms with Crippen LogP contribution in [0.5, 0.6) is 0 Å². The number of anilines is 1. The highest BCUT2D eigenvalue weighted by Gasteiger charge is 2.24. The smallest absolute Gasteiger partial charge is 0.251 e. The number of likely N-dealkylation sites (tertiary alicyclic amines) is 1. The van der Waals surface area contributed by atoms with Crippen LogP contribution >= 0.6 is 0 Å². The van der Waals surface area contributed by atoms with Gasteiger partial charge in [0.15, 0.2) is 0 Å². The van der Waals surface area contributed by atoms with E-state index in [1.165, 1.54) is 44.3 Å². The number of amides is 2. The standard InChI is InChI=1S/C26H33N3O2/c1-2-25(30)29-16-13-22-17-23(11-12-24(22)29)26(31)27-18-20-7-9-21(10-8-20)19-28-14-5-3-4-6-15-28/h7-12,17H,2-6,13-16,18-19H2,1H3,(H,27,31). The van der Waals surface area contributed by atoms with Crippen LogP contribution in [-0.2, 0) is 24.3 Å². The predicted molar refractivity (Wildman–Crippen MR) is 124 cm³/mol. The van der Waals surface area contributed by atoms with Crippen molar-refractivity contribution in [2.75, 3.05) is 24.5 Å². The maximum absolute atomic E-state index is 12.7. The lowest BCUT2D eigenvalue weighted by Gasteiger charge is -2.19. The van der Waals surface area contributed by atoms with Gasteiger partial charge in [-0.3, -0.25) is 14.5 Å². The molecule has 2 heterocycles. The van der Waals surface area contributed by atoms with E-state index < -0.39 is 0 Å². The molecule has 0 unspecified atom stereocenters. The third-order valence-corrected chi connectivity index (χ3v) is 6.42. The van der Waals surface area contributed by atoms with E-state index in [0.717, 1.165) is 29.8 Å². The molecule has 2 aromatic rings. The number of fused-ring (bicyclic) bond motifs is 1.